The Balaban J connectivity index is 1.82. The highest BCUT2D eigenvalue weighted by atomic mass is 19.1. The maximum absolute atomic E-state index is 13.2. The average Bonchev–Trinajstić information content (AvgIpc) is 2.90. The second-order valence-electron chi connectivity index (χ2n) is 4.53. The molecule has 0 aliphatic rings. The summed E-state index contributed by atoms with van der Waals surface area (Å²) in [6.07, 6.45) is 0.628. The van der Waals surface area contributed by atoms with Gasteiger partial charge in [-0.25, -0.2) is 9.37 Å². The number of benzene rings is 2. The van der Waals surface area contributed by atoms with Gasteiger partial charge in [0.25, 0.3) is 0 Å². The van der Waals surface area contributed by atoms with Crippen LogP contribution in [-0.4, -0.2) is 15.2 Å². The summed E-state index contributed by atoms with van der Waals surface area (Å²) in [7, 11) is 0. The third kappa shape index (κ3) is 2.66. The van der Waals surface area contributed by atoms with Crippen molar-refractivity contribution in [2.24, 2.45) is 0 Å². The lowest BCUT2D eigenvalue weighted by Crippen LogP contribution is -1.92. The number of halogens is 1. The molecule has 3 N–H and O–H groups in total. The topological polar surface area (TPSA) is 67.6 Å². The first kappa shape index (κ1) is 12.3. The van der Waals surface area contributed by atoms with Crippen molar-refractivity contribution in [1.82, 2.24) is 15.2 Å². The quantitative estimate of drug-likeness (QED) is 0.718. The molecule has 2 aromatic carbocycles. The van der Waals surface area contributed by atoms with Crippen LogP contribution in [0.5, 0.6) is 0 Å². The average molecular weight is 268 g/mol. The van der Waals surface area contributed by atoms with Gasteiger partial charge in [0.15, 0.2) is 5.82 Å². The van der Waals surface area contributed by atoms with E-state index in [-0.39, 0.29) is 5.82 Å². The zero-order valence-corrected chi connectivity index (χ0v) is 10.7. The Morgan fingerprint density at radius 2 is 1.90 bits per heavy atom. The molecule has 3 rings (SSSR count). The number of nitrogen functional groups attached to an aromatic ring is 1. The normalized spacial score (nSPS) is 10.7. The summed E-state index contributed by atoms with van der Waals surface area (Å²) in [5, 5.41) is 6.99. The van der Waals surface area contributed by atoms with Crippen molar-refractivity contribution in [3.63, 3.8) is 0 Å². The number of aromatic nitrogens is 3. The fourth-order valence-electron chi connectivity index (χ4n) is 1.96. The van der Waals surface area contributed by atoms with Crippen LogP contribution < -0.4 is 5.73 Å². The molecule has 100 valence electrons. The van der Waals surface area contributed by atoms with Gasteiger partial charge >= 0.3 is 0 Å². The molecule has 1 aromatic heterocycles. The number of nitrogens with two attached hydrogens (primary N) is 1. The minimum absolute atomic E-state index is 0.299. The second kappa shape index (κ2) is 5.13. The smallest absolute Gasteiger partial charge is 0.181 e. The van der Waals surface area contributed by atoms with Crippen molar-refractivity contribution in [3.8, 4) is 11.4 Å². The molecule has 0 saturated heterocycles. The van der Waals surface area contributed by atoms with Gasteiger partial charge < -0.3 is 5.73 Å². The van der Waals surface area contributed by atoms with Crippen molar-refractivity contribution < 1.29 is 4.39 Å². The van der Waals surface area contributed by atoms with Crippen LogP contribution in [0, 0.1) is 5.82 Å². The third-order valence-corrected chi connectivity index (χ3v) is 2.97. The molecule has 5 heteroatoms. The molecule has 0 amide bonds. The van der Waals surface area contributed by atoms with E-state index < -0.39 is 0 Å². The Morgan fingerprint density at radius 3 is 2.65 bits per heavy atom. The zero-order chi connectivity index (χ0) is 13.9. The Bertz CT molecular complexity index is 719. The van der Waals surface area contributed by atoms with Gasteiger partial charge in [-0.2, -0.15) is 5.10 Å². The lowest BCUT2D eigenvalue weighted by molar-refractivity contribution is 0.628. The molecular weight excluding hydrogens is 255 g/mol. The van der Waals surface area contributed by atoms with E-state index in [1.165, 1.54) is 12.1 Å². The van der Waals surface area contributed by atoms with Gasteiger partial charge in [0.2, 0.25) is 0 Å². The van der Waals surface area contributed by atoms with Crippen LogP contribution in [0.15, 0.2) is 48.5 Å². The summed E-state index contributed by atoms with van der Waals surface area (Å²) in [6.45, 7) is 0. The van der Waals surface area contributed by atoms with E-state index in [1.807, 2.05) is 24.3 Å². The van der Waals surface area contributed by atoms with Gasteiger partial charge in [0, 0.05) is 17.7 Å². The van der Waals surface area contributed by atoms with Crippen LogP contribution in [0.4, 0.5) is 10.1 Å². The molecule has 1 heterocycles. The summed E-state index contributed by atoms with van der Waals surface area (Å²) >= 11 is 0. The first-order valence-corrected chi connectivity index (χ1v) is 6.22. The number of aromatic amines is 1. The number of nitrogens with zero attached hydrogens (tertiary/aromatic N) is 2. The molecular formula is C15H13FN4. The number of rotatable bonds is 3. The van der Waals surface area contributed by atoms with E-state index in [1.54, 1.807) is 12.1 Å². The van der Waals surface area contributed by atoms with Gasteiger partial charge in [-0.3, -0.25) is 5.10 Å². The molecule has 0 atom stereocenters. The van der Waals surface area contributed by atoms with Crippen molar-refractivity contribution >= 4 is 5.69 Å². The molecule has 0 bridgehead atoms. The molecule has 0 fully saturated rings. The highest BCUT2D eigenvalue weighted by Gasteiger charge is 2.07. The lowest BCUT2D eigenvalue weighted by Gasteiger charge is -1.98. The molecule has 3 aromatic rings. The van der Waals surface area contributed by atoms with E-state index in [9.17, 15) is 4.39 Å². The number of hydrogen-bond acceptors (Lipinski definition) is 3. The van der Waals surface area contributed by atoms with E-state index in [4.69, 9.17) is 5.73 Å². The van der Waals surface area contributed by atoms with Gasteiger partial charge in [0.05, 0.1) is 0 Å². The summed E-state index contributed by atoms with van der Waals surface area (Å²) in [5.41, 5.74) is 8.11. The van der Waals surface area contributed by atoms with Gasteiger partial charge in [-0.05, 0) is 29.8 Å². The maximum Gasteiger partial charge on any atom is 0.181 e. The van der Waals surface area contributed by atoms with E-state index >= 15 is 0 Å². The van der Waals surface area contributed by atoms with Gasteiger partial charge in [-0.1, -0.05) is 24.3 Å². The number of nitrogens with one attached hydrogen (secondary N) is 1. The van der Waals surface area contributed by atoms with E-state index in [2.05, 4.69) is 15.2 Å². The summed E-state index contributed by atoms with van der Waals surface area (Å²) in [4.78, 5) is 4.37. The minimum atomic E-state index is -0.299. The first-order chi connectivity index (χ1) is 9.70. The van der Waals surface area contributed by atoms with Crippen LogP contribution in [0.25, 0.3) is 11.4 Å². The Hall–Kier alpha value is -2.69. The molecule has 0 radical (unpaired) electrons. The Labute approximate surface area is 115 Å². The van der Waals surface area contributed by atoms with Crippen molar-refractivity contribution in [3.05, 3.63) is 65.7 Å². The van der Waals surface area contributed by atoms with Gasteiger partial charge in [-0.15, -0.1) is 0 Å². The fraction of sp³-hybridized carbons (Fsp3) is 0.0667. The maximum atomic E-state index is 13.2. The van der Waals surface area contributed by atoms with Crippen LogP contribution in [0.3, 0.4) is 0 Å². The first-order valence-electron chi connectivity index (χ1n) is 6.22. The molecule has 20 heavy (non-hydrogen) atoms. The van der Waals surface area contributed by atoms with Crippen molar-refractivity contribution in [2.75, 3.05) is 5.73 Å². The van der Waals surface area contributed by atoms with Crippen LogP contribution in [-0.2, 0) is 6.42 Å². The molecule has 0 aliphatic heterocycles. The molecule has 0 spiro atoms. The van der Waals surface area contributed by atoms with E-state index in [0.717, 1.165) is 17.1 Å². The molecule has 0 unspecified atom stereocenters. The highest BCUT2D eigenvalue weighted by Crippen LogP contribution is 2.16. The van der Waals surface area contributed by atoms with Crippen molar-refractivity contribution in [2.45, 2.75) is 6.42 Å². The lowest BCUT2D eigenvalue weighted by atomic mass is 10.1. The number of hydrogen-bond donors (Lipinski definition) is 2. The predicted octanol–water partition coefficient (Wildman–Crippen LogP) is 2.78. The summed E-state index contributed by atoms with van der Waals surface area (Å²) < 4.78 is 13.2. The summed E-state index contributed by atoms with van der Waals surface area (Å²) in [6, 6.07) is 13.8. The summed E-state index contributed by atoms with van der Waals surface area (Å²) in [5.74, 6) is 0.927. The van der Waals surface area contributed by atoms with Gasteiger partial charge in [0.1, 0.15) is 11.6 Å². The SMILES string of the molecule is Nc1ccc(Cc2nc(-c3cccc(F)c3)n[nH]2)cc1. The van der Waals surface area contributed by atoms with Crippen LogP contribution >= 0.6 is 0 Å². The monoisotopic (exact) mass is 268 g/mol. The highest BCUT2D eigenvalue weighted by molar-refractivity contribution is 5.54. The third-order valence-electron chi connectivity index (χ3n) is 2.97. The molecule has 0 aliphatic carbocycles. The van der Waals surface area contributed by atoms with Crippen LogP contribution in [0.2, 0.25) is 0 Å². The largest absolute Gasteiger partial charge is 0.399 e. The van der Waals surface area contributed by atoms with Crippen molar-refractivity contribution in [1.29, 1.82) is 0 Å². The molecule has 4 nitrogen and oxygen atoms in total. The fourth-order valence-corrected chi connectivity index (χ4v) is 1.96. The van der Waals surface area contributed by atoms with E-state index in [0.29, 0.717) is 17.8 Å². The minimum Gasteiger partial charge on any atom is -0.399 e. The Kier molecular flexibility index (Phi) is 3.16. The number of H-pyrrole nitrogens is 1. The van der Waals surface area contributed by atoms with Crippen LogP contribution in [0.1, 0.15) is 11.4 Å². The second-order valence-corrected chi connectivity index (χ2v) is 4.53. The molecule has 0 saturated carbocycles. The zero-order valence-electron chi connectivity index (χ0n) is 10.7. The Morgan fingerprint density at radius 1 is 1.10 bits per heavy atom. The number of anilines is 1. The predicted molar refractivity (Wildman–Crippen MR) is 75.4 cm³/mol. The standard InChI is InChI=1S/C15H13FN4/c16-12-3-1-2-11(9-12)15-18-14(19-20-15)8-10-4-6-13(17)7-5-10/h1-7,9H,8,17H2,(H,18,19,20).